The van der Waals surface area contributed by atoms with Gasteiger partial charge in [0.2, 0.25) is 11.7 Å². The Morgan fingerprint density at radius 2 is 1.96 bits per heavy atom. The summed E-state index contributed by atoms with van der Waals surface area (Å²) in [6.07, 6.45) is 0.430. The number of hydrogen-bond acceptors (Lipinski definition) is 5. The normalized spacial score (nSPS) is 10.5. The van der Waals surface area contributed by atoms with Crippen LogP contribution in [-0.2, 0) is 6.42 Å². The van der Waals surface area contributed by atoms with Crippen molar-refractivity contribution in [3.8, 4) is 17.1 Å². The van der Waals surface area contributed by atoms with Crippen molar-refractivity contribution >= 4 is 17.5 Å². The quantitative estimate of drug-likeness (QED) is 0.731. The number of carbonyl (C=O) groups excluding carboxylic acids is 1. The first kappa shape index (κ1) is 17.0. The number of halogens is 1. The molecule has 0 saturated carbocycles. The van der Waals surface area contributed by atoms with Crippen LogP contribution in [0.25, 0.3) is 11.4 Å². The molecule has 0 spiro atoms. The summed E-state index contributed by atoms with van der Waals surface area (Å²) < 4.78 is 10.3. The van der Waals surface area contributed by atoms with Crippen molar-refractivity contribution in [1.29, 1.82) is 0 Å². The van der Waals surface area contributed by atoms with E-state index in [1.807, 2.05) is 24.3 Å². The molecule has 3 aromatic rings. The minimum atomic E-state index is -0.236. The predicted molar refractivity (Wildman–Crippen MR) is 93.8 cm³/mol. The van der Waals surface area contributed by atoms with Crippen LogP contribution < -0.4 is 10.1 Å². The van der Waals surface area contributed by atoms with Crippen LogP contribution in [0.1, 0.15) is 16.2 Å². The molecular weight excluding hydrogens is 342 g/mol. The van der Waals surface area contributed by atoms with E-state index in [1.165, 1.54) is 0 Å². The van der Waals surface area contributed by atoms with Crippen molar-refractivity contribution in [3.05, 3.63) is 65.0 Å². The van der Waals surface area contributed by atoms with E-state index in [9.17, 15) is 4.79 Å². The molecule has 128 valence electrons. The van der Waals surface area contributed by atoms with E-state index >= 15 is 0 Å². The molecule has 0 atom stereocenters. The molecular formula is C18H16ClN3O3. The lowest BCUT2D eigenvalue weighted by atomic mass is 10.2. The first-order chi connectivity index (χ1) is 12.2. The molecule has 7 heteroatoms. The van der Waals surface area contributed by atoms with E-state index in [0.29, 0.717) is 35.3 Å². The van der Waals surface area contributed by atoms with Crippen molar-refractivity contribution in [1.82, 2.24) is 15.5 Å². The maximum absolute atomic E-state index is 12.1. The van der Waals surface area contributed by atoms with Gasteiger partial charge in [-0.3, -0.25) is 4.79 Å². The Bertz CT molecular complexity index is 862. The Kier molecular flexibility index (Phi) is 5.30. The fourth-order valence-corrected chi connectivity index (χ4v) is 2.46. The van der Waals surface area contributed by atoms with Gasteiger partial charge in [0, 0.05) is 18.5 Å². The minimum absolute atomic E-state index is 0.236. The zero-order valence-corrected chi connectivity index (χ0v) is 14.3. The summed E-state index contributed by atoms with van der Waals surface area (Å²) >= 11 is 6.00. The number of nitrogens with one attached hydrogen (secondary N) is 1. The van der Waals surface area contributed by atoms with E-state index in [0.717, 1.165) is 11.3 Å². The summed E-state index contributed by atoms with van der Waals surface area (Å²) in [6, 6.07) is 14.3. The van der Waals surface area contributed by atoms with Crippen LogP contribution in [-0.4, -0.2) is 29.7 Å². The van der Waals surface area contributed by atoms with Gasteiger partial charge in [0.1, 0.15) is 5.75 Å². The summed E-state index contributed by atoms with van der Waals surface area (Å²) in [5, 5.41) is 7.15. The number of aromatic nitrogens is 2. The topological polar surface area (TPSA) is 77.3 Å². The average Bonchev–Trinajstić information content (AvgIpc) is 3.11. The molecule has 0 saturated heterocycles. The number of rotatable bonds is 6. The maximum Gasteiger partial charge on any atom is 0.252 e. The highest BCUT2D eigenvalue weighted by molar-refractivity contribution is 6.33. The maximum atomic E-state index is 12.1. The molecule has 1 heterocycles. The van der Waals surface area contributed by atoms with Gasteiger partial charge in [0.15, 0.2) is 0 Å². The highest BCUT2D eigenvalue weighted by Gasteiger charge is 2.11. The number of carbonyl (C=O) groups is 1. The molecule has 1 aromatic heterocycles. The van der Waals surface area contributed by atoms with Crippen molar-refractivity contribution in [2.75, 3.05) is 13.7 Å². The van der Waals surface area contributed by atoms with Crippen molar-refractivity contribution in [3.63, 3.8) is 0 Å². The molecule has 0 aliphatic heterocycles. The molecule has 0 fully saturated rings. The smallest absolute Gasteiger partial charge is 0.252 e. The lowest BCUT2D eigenvalue weighted by Crippen LogP contribution is -2.26. The molecule has 3 rings (SSSR count). The lowest BCUT2D eigenvalue weighted by molar-refractivity contribution is 0.0953. The number of benzene rings is 2. The molecule has 6 nitrogen and oxygen atoms in total. The van der Waals surface area contributed by atoms with Gasteiger partial charge in [-0.15, -0.1) is 0 Å². The van der Waals surface area contributed by atoms with Crippen molar-refractivity contribution in [2.24, 2.45) is 0 Å². The Balaban J connectivity index is 1.56. The second-order valence-corrected chi connectivity index (χ2v) is 5.63. The first-order valence-corrected chi connectivity index (χ1v) is 8.05. The number of amides is 1. The third-order valence-corrected chi connectivity index (χ3v) is 3.89. The highest BCUT2D eigenvalue weighted by Crippen LogP contribution is 2.19. The van der Waals surface area contributed by atoms with Crippen LogP contribution in [0.15, 0.2) is 53.1 Å². The Labute approximate surface area is 149 Å². The predicted octanol–water partition coefficient (Wildman–Crippen LogP) is 3.37. The summed E-state index contributed by atoms with van der Waals surface area (Å²) in [4.78, 5) is 16.4. The van der Waals surface area contributed by atoms with Gasteiger partial charge in [-0.05, 0) is 36.4 Å². The molecule has 25 heavy (non-hydrogen) atoms. The van der Waals surface area contributed by atoms with Crippen LogP contribution in [0.4, 0.5) is 0 Å². The summed E-state index contributed by atoms with van der Waals surface area (Å²) in [5.41, 5.74) is 1.27. The third-order valence-electron chi connectivity index (χ3n) is 3.56. The van der Waals surface area contributed by atoms with E-state index in [2.05, 4.69) is 15.5 Å². The Hall–Kier alpha value is -2.86. The molecule has 0 unspecified atom stereocenters. The zero-order valence-electron chi connectivity index (χ0n) is 13.5. The molecule has 1 amide bonds. The largest absolute Gasteiger partial charge is 0.497 e. The highest BCUT2D eigenvalue weighted by atomic mass is 35.5. The van der Waals surface area contributed by atoms with E-state index in [-0.39, 0.29) is 5.91 Å². The number of methoxy groups -OCH3 is 1. The van der Waals surface area contributed by atoms with Gasteiger partial charge >= 0.3 is 0 Å². The van der Waals surface area contributed by atoms with Crippen molar-refractivity contribution < 1.29 is 14.1 Å². The number of nitrogens with zero attached hydrogens (tertiary/aromatic N) is 2. The molecule has 2 aromatic carbocycles. The number of ether oxygens (including phenoxy) is 1. The van der Waals surface area contributed by atoms with Crippen LogP contribution >= 0.6 is 11.6 Å². The molecule has 0 radical (unpaired) electrons. The van der Waals surface area contributed by atoms with E-state index in [4.69, 9.17) is 20.9 Å². The van der Waals surface area contributed by atoms with Crippen LogP contribution in [0.2, 0.25) is 5.02 Å². The zero-order chi connectivity index (χ0) is 17.6. The van der Waals surface area contributed by atoms with Gasteiger partial charge in [-0.25, -0.2) is 0 Å². The number of hydrogen-bond donors (Lipinski definition) is 1. The monoisotopic (exact) mass is 357 g/mol. The van der Waals surface area contributed by atoms with Crippen LogP contribution in [0, 0.1) is 0 Å². The Morgan fingerprint density at radius 3 is 2.68 bits per heavy atom. The summed E-state index contributed by atoms with van der Waals surface area (Å²) in [7, 11) is 1.61. The summed E-state index contributed by atoms with van der Waals surface area (Å²) in [6.45, 7) is 0.369. The van der Waals surface area contributed by atoms with E-state index < -0.39 is 0 Å². The van der Waals surface area contributed by atoms with Crippen LogP contribution in [0.3, 0.4) is 0 Å². The SMILES string of the molecule is COc1ccc(-c2noc(CCNC(=O)c3ccccc3Cl)n2)cc1. The van der Waals surface area contributed by atoms with E-state index in [1.54, 1.807) is 31.4 Å². The fourth-order valence-electron chi connectivity index (χ4n) is 2.24. The minimum Gasteiger partial charge on any atom is -0.497 e. The van der Waals surface area contributed by atoms with Gasteiger partial charge in [0.05, 0.1) is 17.7 Å². The van der Waals surface area contributed by atoms with Crippen LogP contribution in [0.5, 0.6) is 5.75 Å². The first-order valence-electron chi connectivity index (χ1n) is 7.67. The standard InChI is InChI=1S/C18H16ClN3O3/c1-24-13-8-6-12(7-9-13)17-21-16(25-22-17)10-11-20-18(23)14-4-2-3-5-15(14)19/h2-9H,10-11H2,1H3,(H,20,23). The molecule has 1 N–H and O–H groups in total. The van der Waals surface area contributed by atoms with Gasteiger partial charge in [-0.1, -0.05) is 28.9 Å². The van der Waals surface area contributed by atoms with Gasteiger partial charge < -0.3 is 14.6 Å². The molecule has 0 aliphatic carbocycles. The van der Waals surface area contributed by atoms with Crippen molar-refractivity contribution in [2.45, 2.75) is 6.42 Å². The lowest BCUT2D eigenvalue weighted by Gasteiger charge is -2.04. The molecule has 0 aliphatic rings. The van der Waals surface area contributed by atoms with Gasteiger partial charge in [-0.2, -0.15) is 4.98 Å². The van der Waals surface area contributed by atoms with Gasteiger partial charge in [0.25, 0.3) is 5.91 Å². The fraction of sp³-hybridized carbons (Fsp3) is 0.167. The average molecular weight is 358 g/mol. The summed E-state index contributed by atoms with van der Waals surface area (Å²) in [5.74, 6) is 1.47. The molecule has 0 bridgehead atoms. The second kappa shape index (κ2) is 7.81. The second-order valence-electron chi connectivity index (χ2n) is 5.23. The Morgan fingerprint density at radius 1 is 1.20 bits per heavy atom. The third kappa shape index (κ3) is 4.16.